The van der Waals surface area contributed by atoms with Crippen molar-refractivity contribution in [1.82, 2.24) is 9.78 Å². The van der Waals surface area contributed by atoms with Crippen LogP contribution in [0, 0.1) is 6.92 Å². The summed E-state index contributed by atoms with van der Waals surface area (Å²) in [4.78, 5) is 10.2. The Kier molecular flexibility index (Phi) is 3.18. The predicted molar refractivity (Wildman–Crippen MR) is 51.5 cm³/mol. The van der Waals surface area contributed by atoms with Crippen LogP contribution in [0.1, 0.15) is 5.69 Å². The molecule has 0 aliphatic rings. The van der Waals surface area contributed by atoms with E-state index in [0.717, 1.165) is 5.69 Å². The molecule has 0 unspecified atom stereocenters. The van der Waals surface area contributed by atoms with Gasteiger partial charge in [0, 0.05) is 11.8 Å². The van der Waals surface area contributed by atoms with Crippen LogP contribution in [0.25, 0.3) is 0 Å². The first-order chi connectivity index (χ1) is 6.09. The molecular weight excluding hydrogens is 190 g/mol. The largest absolute Gasteiger partial charge is 0.481 e. The number of aryl methyl sites for hydroxylation is 1. The molecule has 13 heavy (non-hydrogen) atoms. The van der Waals surface area contributed by atoms with Gasteiger partial charge in [0.05, 0.1) is 11.6 Å². The smallest absolute Gasteiger partial charge is 0.313 e. The molecule has 0 amide bonds. The minimum Gasteiger partial charge on any atom is -0.481 e. The molecule has 1 heterocycles. The second-order valence-electron chi connectivity index (χ2n) is 2.58. The third-order valence-corrected chi connectivity index (χ3v) is 2.32. The van der Waals surface area contributed by atoms with Crippen molar-refractivity contribution >= 4 is 23.5 Å². The maximum atomic E-state index is 10.2. The molecule has 0 radical (unpaired) electrons. The van der Waals surface area contributed by atoms with E-state index in [1.165, 1.54) is 11.8 Å². The van der Waals surface area contributed by atoms with E-state index in [9.17, 15) is 4.79 Å². The van der Waals surface area contributed by atoms with Gasteiger partial charge in [0.25, 0.3) is 0 Å². The molecule has 0 aromatic carbocycles. The SMILES string of the molecule is Cc1cc(N)nn1CSCC(=O)O. The molecule has 0 bridgehead atoms. The van der Waals surface area contributed by atoms with E-state index in [4.69, 9.17) is 10.8 Å². The van der Waals surface area contributed by atoms with Crippen LogP contribution < -0.4 is 5.73 Å². The van der Waals surface area contributed by atoms with Crippen molar-refractivity contribution in [2.75, 3.05) is 11.5 Å². The van der Waals surface area contributed by atoms with Gasteiger partial charge in [0.2, 0.25) is 0 Å². The van der Waals surface area contributed by atoms with Crippen LogP contribution in [0.5, 0.6) is 0 Å². The highest BCUT2D eigenvalue weighted by atomic mass is 32.2. The summed E-state index contributed by atoms with van der Waals surface area (Å²) in [5.74, 6) is 0.255. The summed E-state index contributed by atoms with van der Waals surface area (Å²) in [6.45, 7) is 1.88. The number of carboxylic acid groups (broad SMARTS) is 1. The molecule has 1 aromatic rings. The molecule has 72 valence electrons. The number of aliphatic carboxylic acids is 1. The maximum Gasteiger partial charge on any atom is 0.313 e. The Labute approximate surface area is 79.9 Å². The number of hydrogen-bond acceptors (Lipinski definition) is 4. The fraction of sp³-hybridized carbons (Fsp3) is 0.429. The van der Waals surface area contributed by atoms with Gasteiger partial charge in [-0.1, -0.05) is 0 Å². The zero-order chi connectivity index (χ0) is 9.84. The van der Waals surface area contributed by atoms with Gasteiger partial charge in [-0.05, 0) is 6.92 Å². The van der Waals surface area contributed by atoms with Crippen LogP contribution in [0.15, 0.2) is 6.07 Å². The van der Waals surface area contributed by atoms with E-state index < -0.39 is 5.97 Å². The Morgan fingerprint density at radius 1 is 1.85 bits per heavy atom. The lowest BCUT2D eigenvalue weighted by Gasteiger charge is -2.01. The molecule has 0 fully saturated rings. The fourth-order valence-electron chi connectivity index (χ4n) is 0.886. The summed E-state index contributed by atoms with van der Waals surface area (Å²) in [6, 6.07) is 1.75. The summed E-state index contributed by atoms with van der Waals surface area (Å²) in [6.07, 6.45) is 0. The highest BCUT2D eigenvalue weighted by molar-refractivity contribution is 7.98. The van der Waals surface area contributed by atoms with Crippen LogP contribution in [0.4, 0.5) is 5.82 Å². The first kappa shape index (κ1) is 9.91. The molecule has 5 nitrogen and oxygen atoms in total. The van der Waals surface area contributed by atoms with Gasteiger partial charge >= 0.3 is 5.97 Å². The number of carboxylic acids is 1. The van der Waals surface area contributed by atoms with Gasteiger partial charge in [-0.15, -0.1) is 11.8 Å². The standard InChI is InChI=1S/C7H11N3O2S/c1-5-2-6(8)9-10(5)4-13-3-7(11)12/h2H,3-4H2,1H3,(H2,8,9)(H,11,12). The van der Waals surface area contributed by atoms with Crippen molar-refractivity contribution in [3.05, 3.63) is 11.8 Å². The molecule has 1 aromatic heterocycles. The minimum absolute atomic E-state index is 0.0825. The molecule has 0 aliphatic carbocycles. The number of carbonyl (C=O) groups is 1. The molecule has 0 spiro atoms. The summed E-state index contributed by atoms with van der Waals surface area (Å²) in [5, 5.41) is 12.4. The maximum absolute atomic E-state index is 10.2. The van der Waals surface area contributed by atoms with Gasteiger partial charge in [-0.3, -0.25) is 9.48 Å². The van der Waals surface area contributed by atoms with Crippen LogP contribution in [-0.4, -0.2) is 26.6 Å². The van der Waals surface area contributed by atoms with Crippen molar-refractivity contribution in [1.29, 1.82) is 0 Å². The average Bonchev–Trinajstić information content (AvgIpc) is 2.29. The first-order valence-electron chi connectivity index (χ1n) is 3.69. The van der Waals surface area contributed by atoms with Crippen molar-refractivity contribution in [3.8, 4) is 0 Å². The molecule has 0 aliphatic heterocycles. The zero-order valence-corrected chi connectivity index (χ0v) is 8.04. The number of hydrogen-bond donors (Lipinski definition) is 2. The van der Waals surface area contributed by atoms with Gasteiger partial charge < -0.3 is 10.8 Å². The van der Waals surface area contributed by atoms with E-state index in [2.05, 4.69) is 5.10 Å². The molecule has 6 heteroatoms. The number of thioether (sulfide) groups is 1. The first-order valence-corrected chi connectivity index (χ1v) is 4.84. The van der Waals surface area contributed by atoms with Crippen molar-refractivity contribution in [2.45, 2.75) is 12.8 Å². The Balaban J connectivity index is 2.45. The Morgan fingerprint density at radius 2 is 2.54 bits per heavy atom. The van der Waals surface area contributed by atoms with Gasteiger partial charge in [-0.2, -0.15) is 5.10 Å². The van der Waals surface area contributed by atoms with Gasteiger partial charge in [-0.25, -0.2) is 0 Å². The molecule has 3 N–H and O–H groups in total. The second kappa shape index (κ2) is 4.18. The topological polar surface area (TPSA) is 81.1 Å². The van der Waals surface area contributed by atoms with Gasteiger partial charge in [0.1, 0.15) is 5.82 Å². The molecule has 0 saturated carbocycles. The van der Waals surface area contributed by atoms with Crippen LogP contribution in [0.3, 0.4) is 0 Å². The van der Waals surface area contributed by atoms with Crippen LogP contribution in [0.2, 0.25) is 0 Å². The summed E-state index contributed by atoms with van der Waals surface area (Å²) in [7, 11) is 0. The van der Waals surface area contributed by atoms with Crippen LogP contribution in [-0.2, 0) is 10.7 Å². The number of nitrogens with zero attached hydrogens (tertiary/aromatic N) is 2. The molecule has 0 saturated heterocycles. The van der Waals surface area contributed by atoms with Crippen molar-refractivity contribution < 1.29 is 9.90 Å². The minimum atomic E-state index is -0.817. The monoisotopic (exact) mass is 201 g/mol. The number of anilines is 1. The van der Waals surface area contributed by atoms with E-state index in [1.807, 2.05) is 6.92 Å². The lowest BCUT2D eigenvalue weighted by atomic mass is 10.5. The summed E-state index contributed by atoms with van der Waals surface area (Å²) >= 11 is 1.29. The van der Waals surface area contributed by atoms with Gasteiger partial charge in [0.15, 0.2) is 0 Å². The van der Waals surface area contributed by atoms with E-state index >= 15 is 0 Å². The highest BCUT2D eigenvalue weighted by Crippen LogP contribution is 2.09. The van der Waals surface area contributed by atoms with Crippen molar-refractivity contribution in [3.63, 3.8) is 0 Å². The third kappa shape index (κ3) is 2.98. The highest BCUT2D eigenvalue weighted by Gasteiger charge is 2.02. The van der Waals surface area contributed by atoms with E-state index in [0.29, 0.717) is 11.7 Å². The van der Waals surface area contributed by atoms with Crippen LogP contribution >= 0.6 is 11.8 Å². The normalized spacial score (nSPS) is 10.2. The molecule has 0 atom stereocenters. The summed E-state index contributed by atoms with van der Waals surface area (Å²) < 4.78 is 1.68. The number of aromatic nitrogens is 2. The lowest BCUT2D eigenvalue weighted by molar-refractivity contribution is -0.133. The quantitative estimate of drug-likeness (QED) is 0.743. The van der Waals surface area contributed by atoms with E-state index in [-0.39, 0.29) is 5.75 Å². The Hall–Kier alpha value is -1.17. The predicted octanol–water partition coefficient (Wildman–Crippen LogP) is 0.549. The second-order valence-corrected chi connectivity index (χ2v) is 3.54. The fourth-order valence-corrected chi connectivity index (χ4v) is 1.59. The Morgan fingerprint density at radius 3 is 3.00 bits per heavy atom. The molecule has 1 rings (SSSR count). The lowest BCUT2D eigenvalue weighted by Crippen LogP contribution is -2.04. The average molecular weight is 201 g/mol. The number of nitrogen functional groups attached to an aromatic ring is 1. The molecular formula is C7H11N3O2S. The number of nitrogens with two attached hydrogens (primary N) is 1. The number of rotatable bonds is 4. The zero-order valence-electron chi connectivity index (χ0n) is 7.23. The summed E-state index contributed by atoms with van der Waals surface area (Å²) in [5.41, 5.74) is 6.39. The van der Waals surface area contributed by atoms with E-state index in [1.54, 1.807) is 10.7 Å². The Bertz CT molecular complexity index is 311. The third-order valence-electron chi connectivity index (χ3n) is 1.44. The van der Waals surface area contributed by atoms with Crippen molar-refractivity contribution in [2.24, 2.45) is 0 Å².